The van der Waals surface area contributed by atoms with E-state index < -0.39 is 11.9 Å². The maximum absolute atomic E-state index is 12.4. The van der Waals surface area contributed by atoms with Crippen LogP contribution in [0.4, 0.5) is 22.7 Å². The molecule has 1 aliphatic heterocycles. The number of ether oxygens (including phenoxy) is 2. The maximum Gasteiger partial charge on any atom is 0.333 e. The van der Waals surface area contributed by atoms with Gasteiger partial charge in [0.15, 0.2) is 11.0 Å². The van der Waals surface area contributed by atoms with Gasteiger partial charge < -0.3 is 24.2 Å². The average Bonchev–Trinajstić information content (AvgIpc) is 3.91. The zero-order chi connectivity index (χ0) is 45.7. The summed E-state index contributed by atoms with van der Waals surface area (Å²) in [5.74, 6) is 0.894. The Morgan fingerprint density at radius 1 is 0.719 bits per heavy atom. The van der Waals surface area contributed by atoms with Gasteiger partial charge in [-0.15, -0.1) is 0 Å². The smallest absolute Gasteiger partial charge is 0.333 e. The van der Waals surface area contributed by atoms with Crippen molar-refractivity contribution in [3.63, 3.8) is 0 Å². The number of carbonyl (C=O) groups excluding carboxylic acids is 2. The van der Waals surface area contributed by atoms with Crippen LogP contribution in [-0.2, 0) is 32.2 Å². The number of aryl methyl sites for hydroxylation is 1. The molecule has 0 bridgehead atoms. The third-order valence-electron chi connectivity index (χ3n) is 11.1. The highest BCUT2D eigenvalue weighted by Crippen LogP contribution is 2.47. The second-order valence-corrected chi connectivity index (χ2v) is 17.1. The first-order chi connectivity index (χ1) is 30.8. The second kappa shape index (κ2) is 20.4. The lowest BCUT2D eigenvalue weighted by atomic mass is 10.1. The number of halogens is 4. The highest BCUT2D eigenvalue weighted by atomic mass is 35.5. The number of allylic oxidation sites excluding steroid dienone is 5. The topological polar surface area (TPSA) is 71.1 Å². The fourth-order valence-corrected chi connectivity index (χ4v) is 8.77. The Morgan fingerprint density at radius 3 is 1.86 bits per heavy atom. The van der Waals surface area contributed by atoms with Crippen LogP contribution in [0.15, 0.2) is 150 Å². The summed E-state index contributed by atoms with van der Waals surface area (Å²) in [5.41, 5.74) is 9.51. The highest BCUT2D eigenvalue weighted by molar-refractivity contribution is 6.43. The van der Waals surface area contributed by atoms with Gasteiger partial charge in [-0.2, -0.15) is 0 Å². The monoisotopic (exact) mass is 936 g/mol. The molecule has 0 spiro atoms. The number of fused-ring (bicyclic) bond motifs is 2. The van der Waals surface area contributed by atoms with Gasteiger partial charge in [0.1, 0.15) is 25.6 Å². The minimum absolute atomic E-state index is 0.135. The Bertz CT molecular complexity index is 2720. The second-order valence-electron chi connectivity index (χ2n) is 15.4. The van der Waals surface area contributed by atoms with E-state index in [9.17, 15) is 9.59 Å². The zero-order valence-electron chi connectivity index (χ0n) is 36.3. The lowest BCUT2D eigenvalue weighted by Gasteiger charge is -2.29. The van der Waals surface area contributed by atoms with Crippen LogP contribution in [0, 0.1) is 0 Å². The van der Waals surface area contributed by atoms with Crippen molar-refractivity contribution in [1.82, 2.24) is 4.57 Å². The predicted octanol–water partition coefficient (Wildman–Crippen LogP) is 12.8. The van der Waals surface area contributed by atoms with Gasteiger partial charge in [0.25, 0.3) is 5.82 Å². The molecule has 5 aromatic rings. The number of hydrogen-bond acceptors (Lipinski definition) is 7. The molecule has 1 aliphatic carbocycles. The van der Waals surface area contributed by atoms with Crippen molar-refractivity contribution in [3.8, 4) is 0 Å². The molecule has 330 valence electrons. The van der Waals surface area contributed by atoms with Gasteiger partial charge in [-0.05, 0) is 100 Å². The molecule has 0 saturated carbocycles. The third kappa shape index (κ3) is 9.69. The Labute approximate surface area is 395 Å². The minimum atomic E-state index is -0.444. The molecule has 13 heteroatoms. The minimum Gasteiger partial charge on any atom is -0.460 e. The number of anilines is 4. The standard InChI is InChI=1S/C51H50Cl4N5O4/c1-7-56-43-29-39(52)41(54)31-45(43)58(25-27-63-50(61)33(3)4)47(56)23-21-35-19-20-36(49(35)60(37-15-11-9-12-16-37)38-17-13-10-14-18-38)22-24-48-57(8-2)44-30-40(53)42(55)32-46(44)59(48)26-28-64-51(62)34(5)6/h9-18,21-24,29-32H,3,5,7-8,19-20,25-28H2,1-2,4,6H3/q+1. The maximum atomic E-state index is 12.4. The highest BCUT2D eigenvalue weighted by Gasteiger charge is 2.33. The Balaban J connectivity index is 1.39. The number of rotatable bonds is 16. The molecule has 0 atom stereocenters. The first-order valence-electron chi connectivity index (χ1n) is 21.2. The van der Waals surface area contributed by atoms with Crippen LogP contribution in [0.3, 0.4) is 0 Å². The van der Waals surface area contributed by atoms with Gasteiger partial charge in [0.05, 0.1) is 50.3 Å². The SMILES string of the molecule is C=C(C)C(=O)OCCN1C(=CC=C2CCC(C=Cc3n(CC)c4cc(Cl)c(Cl)cc4[n+]3CCOC(=O)C(=C)C)=C2N(c2ccccc2)c2ccccc2)N(CC)c2cc(Cl)c(Cl)cc21. The van der Waals surface area contributed by atoms with E-state index in [1.165, 1.54) is 0 Å². The lowest BCUT2D eigenvalue weighted by molar-refractivity contribution is -0.675. The van der Waals surface area contributed by atoms with Crippen molar-refractivity contribution < 1.29 is 23.6 Å². The van der Waals surface area contributed by atoms with Crippen LogP contribution >= 0.6 is 46.4 Å². The first-order valence-corrected chi connectivity index (χ1v) is 22.7. The van der Waals surface area contributed by atoms with Crippen LogP contribution in [0.2, 0.25) is 20.1 Å². The number of imidazole rings is 1. The van der Waals surface area contributed by atoms with Crippen molar-refractivity contribution in [3.05, 3.63) is 176 Å². The molecule has 0 N–H and O–H groups in total. The first kappa shape index (κ1) is 46.3. The summed E-state index contributed by atoms with van der Waals surface area (Å²) in [7, 11) is 0. The van der Waals surface area contributed by atoms with E-state index in [1.54, 1.807) is 13.8 Å². The van der Waals surface area contributed by atoms with Crippen LogP contribution in [0.5, 0.6) is 0 Å². The average molecular weight is 939 g/mol. The molecule has 7 rings (SSSR count). The Morgan fingerprint density at radius 2 is 1.28 bits per heavy atom. The summed E-state index contributed by atoms with van der Waals surface area (Å²) >= 11 is 26.4. The Hall–Kier alpha value is -5.71. The molecular weight excluding hydrogens is 888 g/mol. The molecular formula is C51H50Cl4N5O4+. The summed E-state index contributed by atoms with van der Waals surface area (Å²) in [5, 5.41) is 1.77. The van der Waals surface area contributed by atoms with Crippen LogP contribution in [-0.4, -0.2) is 42.8 Å². The van der Waals surface area contributed by atoms with Crippen LogP contribution in [0.25, 0.3) is 17.1 Å². The van der Waals surface area contributed by atoms with Gasteiger partial charge in [0.2, 0.25) is 0 Å². The number of carbonyl (C=O) groups is 2. The summed E-state index contributed by atoms with van der Waals surface area (Å²) < 4.78 is 15.5. The number of para-hydroxylation sites is 2. The number of nitrogens with zero attached hydrogens (tertiary/aromatic N) is 5. The predicted molar refractivity (Wildman–Crippen MR) is 263 cm³/mol. The molecule has 9 nitrogen and oxygen atoms in total. The van der Waals surface area contributed by atoms with Crippen molar-refractivity contribution in [2.45, 2.75) is 53.6 Å². The summed E-state index contributed by atoms with van der Waals surface area (Å²) in [4.78, 5) is 31.5. The van der Waals surface area contributed by atoms with E-state index in [4.69, 9.17) is 55.9 Å². The van der Waals surface area contributed by atoms with Gasteiger partial charge >= 0.3 is 11.9 Å². The number of esters is 2. The number of hydrogen-bond donors (Lipinski definition) is 0. The number of aromatic nitrogens is 2. The molecule has 0 radical (unpaired) electrons. The van der Waals surface area contributed by atoms with Crippen molar-refractivity contribution in [2.24, 2.45) is 0 Å². The quantitative estimate of drug-likeness (QED) is 0.0554. The van der Waals surface area contributed by atoms with E-state index in [0.717, 1.165) is 75.1 Å². The fourth-order valence-electron chi connectivity index (χ4n) is 8.14. The van der Waals surface area contributed by atoms with Crippen molar-refractivity contribution in [2.75, 3.05) is 41.0 Å². The summed E-state index contributed by atoms with van der Waals surface area (Å²) in [6.45, 7) is 17.2. The molecule has 0 fully saturated rings. The lowest BCUT2D eigenvalue weighted by Crippen LogP contribution is -2.39. The van der Waals surface area contributed by atoms with E-state index in [-0.39, 0.29) is 13.2 Å². The van der Waals surface area contributed by atoms with E-state index >= 15 is 0 Å². The van der Waals surface area contributed by atoms with Crippen molar-refractivity contribution >= 4 is 98.2 Å². The normalized spacial score (nSPS) is 14.9. The molecule has 2 aliphatic rings. The molecule has 2 heterocycles. The summed E-state index contributed by atoms with van der Waals surface area (Å²) in [6.07, 6.45) is 10.1. The van der Waals surface area contributed by atoms with Gasteiger partial charge in [-0.1, -0.05) is 102 Å². The Kier molecular flexibility index (Phi) is 14.8. The van der Waals surface area contributed by atoms with Gasteiger partial charge in [-0.25, -0.2) is 18.7 Å². The molecule has 0 saturated heterocycles. The molecule has 0 unspecified atom stereocenters. The largest absolute Gasteiger partial charge is 0.460 e. The van der Waals surface area contributed by atoms with E-state index in [1.807, 2.05) is 60.7 Å². The van der Waals surface area contributed by atoms with Crippen molar-refractivity contribution in [1.29, 1.82) is 0 Å². The molecule has 4 aromatic carbocycles. The summed E-state index contributed by atoms with van der Waals surface area (Å²) in [6, 6.07) is 28.2. The zero-order valence-corrected chi connectivity index (χ0v) is 39.4. The van der Waals surface area contributed by atoms with E-state index in [2.05, 4.69) is 99.4 Å². The van der Waals surface area contributed by atoms with Gasteiger partial charge in [0, 0.05) is 47.3 Å². The fraction of sp³-hybridized carbons (Fsp3) is 0.235. The van der Waals surface area contributed by atoms with Crippen LogP contribution in [0.1, 0.15) is 46.4 Å². The molecule has 1 aromatic heterocycles. The molecule has 0 amide bonds. The third-order valence-corrected chi connectivity index (χ3v) is 12.6. The molecule has 64 heavy (non-hydrogen) atoms. The van der Waals surface area contributed by atoms with Gasteiger partial charge in [-0.3, -0.25) is 0 Å². The number of benzene rings is 4. The van der Waals surface area contributed by atoms with Crippen LogP contribution < -0.4 is 19.3 Å². The van der Waals surface area contributed by atoms with E-state index in [0.29, 0.717) is 57.4 Å².